The van der Waals surface area contributed by atoms with Crippen LogP contribution in [0.25, 0.3) is 0 Å². The van der Waals surface area contributed by atoms with Crippen LogP contribution in [0.3, 0.4) is 0 Å². The molecular weight excluding hydrogens is 306 g/mol. The molecule has 6 heteroatoms. The van der Waals surface area contributed by atoms with E-state index in [1.165, 1.54) is 4.90 Å². The maximum atomic E-state index is 12.2. The first kappa shape index (κ1) is 15.9. The molecule has 1 aliphatic heterocycles. The highest BCUT2D eigenvalue weighted by atomic mass is 16.6. The lowest BCUT2D eigenvalue weighted by atomic mass is 10.3. The molecule has 0 radical (unpaired) electrons. The predicted octanol–water partition coefficient (Wildman–Crippen LogP) is 3.49. The van der Waals surface area contributed by atoms with Gasteiger partial charge in [0, 0.05) is 19.2 Å². The molecule has 3 rings (SSSR count). The molecule has 124 valence electrons. The van der Waals surface area contributed by atoms with Crippen molar-refractivity contribution in [1.82, 2.24) is 0 Å². The van der Waals surface area contributed by atoms with E-state index in [0.717, 1.165) is 17.1 Å². The summed E-state index contributed by atoms with van der Waals surface area (Å²) in [6.07, 6.45) is 0.105. The first-order valence-electron chi connectivity index (χ1n) is 7.67. The summed E-state index contributed by atoms with van der Waals surface area (Å²) in [6, 6.07) is 16.9. The number of amides is 1. The fourth-order valence-corrected chi connectivity index (χ4v) is 2.45. The Kier molecular flexibility index (Phi) is 4.65. The van der Waals surface area contributed by atoms with Crippen molar-refractivity contribution in [1.29, 1.82) is 0 Å². The Morgan fingerprint density at radius 2 is 1.83 bits per heavy atom. The van der Waals surface area contributed by atoms with Crippen molar-refractivity contribution in [3.8, 4) is 5.75 Å². The highest BCUT2D eigenvalue weighted by Gasteiger charge is 2.23. The second-order valence-corrected chi connectivity index (χ2v) is 5.30. The molecule has 2 aromatic carbocycles. The summed E-state index contributed by atoms with van der Waals surface area (Å²) in [5.41, 5.74) is 1.62. The molecule has 2 aromatic rings. The van der Waals surface area contributed by atoms with E-state index in [4.69, 9.17) is 9.47 Å². The van der Waals surface area contributed by atoms with Gasteiger partial charge in [0.1, 0.15) is 11.4 Å². The van der Waals surface area contributed by atoms with E-state index < -0.39 is 6.09 Å². The minimum absolute atomic E-state index is 0.397. The van der Waals surface area contributed by atoms with Crippen LogP contribution >= 0.6 is 0 Å². The van der Waals surface area contributed by atoms with E-state index in [-0.39, 0.29) is 0 Å². The molecule has 6 nitrogen and oxygen atoms in total. The van der Waals surface area contributed by atoms with Crippen molar-refractivity contribution >= 4 is 23.4 Å². The van der Waals surface area contributed by atoms with Gasteiger partial charge in [0.15, 0.2) is 0 Å². The first-order chi connectivity index (χ1) is 11.7. The van der Waals surface area contributed by atoms with Gasteiger partial charge in [0.2, 0.25) is 5.90 Å². The average molecular weight is 325 g/mol. The minimum Gasteiger partial charge on any atom is -0.495 e. The van der Waals surface area contributed by atoms with Gasteiger partial charge in [-0.15, -0.1) is 5.10 Å². The van der Waals surface area contributed by atoms with Crippen LogP contribution in [0.15, 0.2) is 59.7 Å². The number of anilines is 2. The number of hydrogen-bond acceptors (Lipinski definition) is 5. The average Bonchev–Trinajstić information content (AvgIpc) is 3.10. The lowest BCUT2D eigenvalue weighted by molar-refractivity contribution is 0.205. The fraction of sp³-hybridized carbons (Fsp3) is 0.222. The summed E-state index contributed by atoms with van der Waals surface area (Å²) in [7, 11) is 3.29. The zero-order valence-electron chi connectivity index (χ0n) is 13.7. The summed E-state index contributed by atoms with van der Waals surface area (Å²) in [6.45, 7) is 0.637. The Bertz CT molecular complexity index is 746. The lowest BCUT2D eigenvalue weighted by Gasteiger charge is -2.17. The molecule has 1 heterocycles. The van der Waals surface area contributed by atoms with Crippen LogP contribution in [0.4, 0.5) is 16.2 Å². The van der Waals surface area contributed by atoms with Crippen molar-refractivity contribution in [3.63, 3.8) is 0 Å². The van der Waals surface area contributed by atoms with Crippen molar-refractivity contribution in [3.05, 3.63) is 54.6 Å². The van der Waals surface area contributed by atoms with Gasteiger partial charge in [-0.1, -0.05) is 30.3 Å². The Morgan fingerprint density at radius 3 is 2.58 bits per heavy atom. The maximum Gasteiger partial charge on any atom is 0.420 e. The molecule has 0 saturated heterocycles. The van der Waals surface area contributed by atoms with Gasteiger partial charge in [-0.05, 0) is 24.3 Å². The van der Waals surface area contributed by atoms with E-state index in [0.29, 0.717) is 18.9 Å². The highest BCUT2D eigenvalue weighted by molar-refractivity contribution is 5.97. The van der Waals surface area contributed by atoms with Crippen LogP contribution in [0, 0.1) is 0 Å². The summed E-state index contributed by atoms with van der Waals surface area (Å²) in [4.78, 5) is 13.7. The Balaban J connectivity index is 1.69. The van der Waals surface area contributed by atoms with Gasteiger partial charge in [0.05, 0.1) is 13.7 Å². The molecule has 1 amide bonds. The number of hydrazone groups is 1. The van der Waals surface area contributed by atoms with Gasteiger partial charge in [-0.25, -0.2) is 4.79 Å². The number of benzene rings is 2. The van der Waals surface area contributed by atoms with Crippen molar-refractivity contribution < 1.29 is 14.3 Å². The quantitative estimate of drug-likeness (QED) is 0.867. The lowest BCUT2D eigenvalue weighted by Crippen LogP contribution is -2.28. The molecule has 1 aliphatic rings. The zero-order chi connectivity index (χ0) is 16.9. The predicted molar refractivity (Wildman–Crippen MR) is 93.7 cm³/mol. The monoisotopic (exact) mass is 325 g/mol. The van der Waals surface area contributed by atoms with Crippen molar-refractivity contribution in [2.75, 3.05) is 30.6 Å². The Labute approximate surface area is 140 Å². The van der Waals surface area contributed by atoms with Crippen LogP contribution in [-0.4, -0.2) is 32.7 Å². The zero-order valence-corrected chi connectivity index (χ0v) is 13.7. The fourth-order valence-electron chi connectivity index (χ4n) is 2.45. The third-order valence-electron chi connectivity index (χ3n) is 3.76. The maximum absolute atomic E-state index is 12.2. The number of carbonyl (C=O) groups excluding carboxylic acids is 1. The number of methoxy groups -OCH3 is 1. The highest BCUT2D eigenvalue weighted by Crippen LogP contribution is 2.30. The topological polar surface area (TPSA) is 54.4 Å². The number of hydrogen-bond donors (Lipinski definition) is 0. The molecule has 0 unspecified atom stereocenters. The number of para-hydroxylation sites is 3. The second kappa shape index (κ2) is 7.04. The number of rotatable bonds is 3. The van der Waals surface area contributed by atoms with E-state index in [9.17, 15) is 4.79 Å². The van der Waals surface area contributed by atoms with Gasteiger partial charge in [0.25, 0.3) is 0 Å². The summed E-state index contributed by atoms with van der Waals surface area (Å²) >= 11 is 0. The van der Waals surface area contributed by atoms with Gasteiger partial charge < -0.3 is 9.47 Å². The van der Waals surface area contributed by atoms with Crippen molar-refractivity contribution in [2.24, 2.45) is 5.10 Å². The summed E-state index contributed by atoms with van der Waals surface area (Å²) < 4.78 is 10.8. The molecule has 0 N–H and O–H groups in total. The minimum atomic E-state index is -0.457. The van der Waals surface area contributed by atoms with E-state index in [1.54, 1.807) is 19.2 Å². The number of ether oxygens (including phenoxy) is 2. The standard InChI is InChI=1S/C18H19N3O3/c1-20(14-8-4-3-5-9-14)18(22)24-17-12-13-21(19-17)15-10-6-7-11-16(15)23-2/h3-11H,12-13H2,1-2H3. The second-order valence-electron chi connectivity index (χ2n) is 5.30. The third kappa shape index (κ3) is 3.32. The molecule has 0 spiro atoms. The van der Waals surface area contributed by atoms with Crippen LogP contribution in [-0.2, 0) is 4.74 Å². The van der Waals surface area contributed by atoms with Gasteiger partial charge in [-0.2, -0.15) is 0 Å². The van der Waals surface area contributed by atoms with E-state index in [2.05, 4.69) is 5.10 Å². The number of carbonyl (C=O) groups is 1. The van der Waals surface area contributed by atoms with Gasteiger partial charge >= 0.3 is 6.09 Å². The first-order valence-corrected chi connectivity index (χ1v) is 7.67. The molecule has 0 atom stereocenters. The molecular formula is C18H19N3O3. The summed E-state index contributed by atoms with van der Waals surface area (Å²) in [5.74, 6) is 1.13. The largest absolute Gasteiger partial charge is 0.495 e. The number of nitrogens with zero attached hydrogens (tertiary/aromatic N) is 3. The van der Waals surface area contributed by atoms with Gasteiger partial charge in [-0.3, -0.25) is 9.91 Å². The van der Waals surface area contributed by atoms with E-state index in [1.807, 2.05) is 54.6 Å². The third-order valence-corrected chi connectivity index (χ3v) is 3.76. The smallest absolute Gasteiger partial charge is 0.420 e. The SMILES string of the molecule is COc1ccccc1N1CCC(OC(=O)N(C)c2ccccc2)=N1. The normalized spacial score (nSPS) is 13.4. The Hall–Kier alpha value is -3.02. The molecule has 24 heavy (non-hydrogen) atoms. The van der Waals surface area contributed by atoms with Crippen molar-refractivity contribution in [2.45, 2.75) is 6.42 Å². The summed E-state index contributed by atoms with van der Waals surface area (Å²) in [5, 5.41) is 6.16. The van der Waals surface area contributed by atoms with Crippen LogP contribution in [0.1, 0.15) is 6.42 Å². The molecule has 0 fully saturated rings. The van der Waals surface area contributed by atoms with Crippen LogP contribution in [0.5, 0.6) is 5.75 Å². The molecule has 0 aromatic heterocycles. The Morgan fingerprint density at radius 1 is 1.12 bits per heavy atom. The van der Waals surface area contributed by atoms with Crippen LogP contribution < -0.4 is 14.6 Å². The van der Waals surface area contributed by atoms with E-state index >= 15 is 0 Å². The molecule has 0 saturated carbocycles. The molecule has 0 aliphatic carbocycles. The molecule has 0 bridgehead atoms. The van der Waals surface area contributed by atoms with Crippen LogP contribution in [0.2, 0.25) is 0 Å².